The van der Waals surface area contributed by atoms with Gasteiger partial charge in [-0.25, -0.2) is 0 Å². The summed E-state index contributed by atoms with van der Waals surface area (Å²) in [6.45, 7) is 23.1. The lowest BCUT2D eigenvalue weighted by Gasteiger charge is -2.27. The molecule has 0 unspecified atom stereocenters. The molecule has 0 aliphatic carbocycles. The number of furan rings is 2. The van der Waals surface area contributed by atoms with E-state index >= 15 is 0 Å². The molecule has 0 atom stereocenters. The third-order valence-corrected chi connectivity index (χ3v) is 28.0. The standard InChI is InChI=1S/C128H130N2O2/c1-11-17-21-27-41-101-79-121(103(43-29-23-19-13-3)77-119(101)113-67-57-99(73-87(113)7)93-37-31-25-32-38-93)115-69-63-109(75-89(115)9)129(107-59-53-97(54-60-107)95-49-45-91(35-15-5)46-50-95)111-65-71-117-123-81-105-84-126-124(82-106(105)83-125(123)131-127(117)85-111)118-72-66-112(86-128(118)132-126)130(108-61-55-98(56-62-108)96-51-47-92(36-16-6)48-52-96)110-64-70-116(90(10)76-110)122-80-102(42-28-22-18-12-2)120(78-104(122)44-30-24-20-14-4)114-68-58-100(74-88(114)8)94-39-33-26-34-40-94/h25-26,31-34,37-40,45-86H,11-24,27-30,35-36,41-44H2,1-10H3. The first-order chi connectivity index (χ1) is 64.8. The van der Waals surface area contributed by atoms with Crippen molar-refractivity contribution in [1.29, 1.82) is 0 Å². The molecule has 0 spiro atoms. The van der Waals surface area contributed by atoms with E-state index in [1.54, 1.807) is 0 Å². The van der Waals surface area contributed by atoms with Crippen LogP contribution in [0.25, 0.3) is 144 Å². The largest absolute Gasteiger partial charge is 0.456 e. The maximum atomic E-state index is 7.15. The van der Waals surface area contributed by atoms with Gasteiger partial charge in [-0.2, -0.15) is 0 Å². The highest BCUT2D eigenvalue weighted by Gasteiger charge is 2.26. The summed E-state index contributed by atoms with van der Waals surface area (Å²) in [5, 5.41) is 6.48. The molecule has 664 valence electrons. The van der Waals surface area contributed by atoms with Gasteiger partial charge in [0.2, 0.25) is 0 Å². The molecule has 0 saturated heterocycles. The van der Waals surface area contributed by atoms with Gasteiger partial charge in [0, 0.05) is 67.8 Å². The number of hydrogen-bond donors (Lipinski definition) is 0. The van der Waals surface area contributed by atoms with E-state index in [0.29, 0.717) is 0 Å². The molecule has 18 rings (SSSR count). The highest BCUT2D eigenvalue weighted by atomic mass is 16.3. The van der Waals surface area contributed by atoms with Crippen molar-refractivity contribution in [3.8, 4) is 89.0 Å². The lowest BCUT2D eigenvalue weighted by molar-refractivity contribution is 0.664. The summed E-state index contributed by atoms with van der Waals surface area (Å²) < 4.78 is 14.3. The molecule has 2 heterocycles. The van der Waals surface area contributed by atoms with Crippen molar-refractivity contribution in [3.05, 3.63) is 371 Å². The fourth-order valence-corrected chi connectivity index (χ4v) is 20.8. The molecule has 16 aromatic carbocycles. The molecule has 0 bridgehead atoms. The summed E-state index contributed by atoms with van der Waals surface area (Å²) >= 11 is 0. The van der Waals surface area contributed by atoms with Crippen LogP contribution < -0.4 is 9.80 Å². The molecule has 0 aliphatic rings. The summed E-state index contributed by atoms with van der Waals surface area (Å²) in [7, 11) is 0. The smallest absolute Gasteiger partial charge is 0.137 e. The molecule has 132 heavy (non-hydrogen) atoms. The number of unbranched alkanes of at least 4 members (excludes halogenated alkanes) is 12. The van der Waals surface area contributed by atoms with Gasteiger partial charge in [0.15, 0.2) is 0 Å². The van der Waals surface area contributed by atoms with Crippen molar-refractivity contribution in [2.45, 2.75) is 223 Å². The molecule has 0 saturated carbocycles. The van der Waals surface area contributed by atoms with Crippen LogP contribution >= 0.6 is 0 Å². The molecule has 4 nitrogen and oxygen atoms in total. The summed E-state index contributed by atoms with van der Waals surface area (Å²) in [6.07, 6.45) is 28.0. The molecule has 0 fully saturated rings. The molecule has 2 aromatic heterocycles. The zero-order valence-electron chi connectivity index (χ0n) is 79.7. The minimum atomic E-state index is 0.839. The Bertz CT molecular complexity index is 6620. The third kappa shape index (κ3) is 19.7. The van der Waals surface area contributed by atoms with E-state index in [2.05, 4.69) is 394 Å². The Labute approximate surface area is 785 Å². The zero-order valence-corrected chi connectivity index (χ0v) is 79.7. The quantitative estimate of drug-likeness (QED) is 0.0361. The van der Waals surface area contributed by atoms with Gasteiger partial charge in [0.25, 0.3) is 0 Å². The highest BCUT2D eigenvalue weighted by Crippen LogP contribution is 2.48. The van der Waals surface area contributed by atoms with Crippen LogP contribution in [0.15, 0.2) is 324 Å². The Morgan fingerprint density at radius 3 is 0.773 bits per heavy atom. The average Bonchev–Trinajstić information content (AvgIpc) is 1.57. The van der Waals surface area contributed by atoms with Gasteiger partial charge in [-0.05, 0) is 344 Å². The van der Waals surface area contributed by atoms with Gasteiger partial charge in [-0.3, -0.25) is 0 Å². The van der Waals surface area contributed by atoms with Crippen molar-refractivity contribution in [2.24, 2.45) is 0 Å². The molecule has 0 N–H and O–H groups in total. The molecule has 0 amide bonds. The predicted molar refractivity (Wildman–Crippen MR) is 570 cm³/mol. The maximum absolute atomic E-state index is 7.15. The molecular formula is C128H130N2O2. The van der Waals surface area contributed by atoms with E-state index in [4.69, 9.17) is 8.83 Å². The summed E-state index contributed by atoms with van der Waals surface area (Å²) in [5.41, 5.74) is 44.1. The van der Waals surface area contributed by atoms with Crippen molar-refractivity contribution < 1.29 is 8.83 Å². The first-order valence-electron chi connectivity index (χ1n) is 49.9. The topological polar surface area (TPSA) is 32.8 Å². The van der Waals surface area contributed by atoms with Gasteiger partial charge >= 0.3 is 0 Å². The number of nitrogens with zero attached hydrogens (tertiary/aromatic N) is 2. The summed E-state index contributed by atoms with van der Waals surface area (Å²) in [6, 6.07) is 120. The van der Waals surface area contributed by atoms with Crippen LogP contribution in [0.5, 0.6) is 0 Å². The number of anilines is 6. The Kier molecular flexibility index (Phi) is 28.2. The minimum absolute atomic E-state index is 0.839. The van der Waals surface area contributed by atoms with Crippen LogP contribution in [0.4, 0.5) is 34.1 Å². The number of fused-ring (bicyclic) bond motifs is 7. The van der Waals surface area contributed by atoms with Gasteiger partial charge in [0.1, 0.15) is 22.3 Å². The second-order valence-electron chi connectivity index (χ2n) is 37.6. The van der Waals surface area contributed by atoms with Gasteiger partial charge in [0.05, 0.1) is 0 Å². The lowest BCUT2D eigenvalue weighted by Crippen LogP contribution is -2.10. The van der Waals surface area contributed by atoms with E-state index in [9.17, 15) is 0 Å². The van der Waals surface area contributed by atoms with Crippen molar-refractivity contribution in [3.63, 3.8) is 0 Å². The molecule has 18 aromatic rings. The van der Waals surface area contributed by atoms with Crippen LogP contribution in [0.2, 0.25) is 0 Å². The molecular weight excluding hydrogens is 1600 g/mol. The Balaban J connectivity index is 0.701. The fraction of sp³-hybridized carbons (Fsp3) is 0.266. The minimum Gasteiger partial charge on any atom is -0.456 e. The van der Waals surface area contributed by atoms with E-state index in [1.165, 1.54) is 235 Å². The van der Waals surface area contributed by atoms with Crippen molar-refractivity contribution >= 4 is 88.8 Å². The molecule has 0 aliphatic heterocycles. The third-order valence-electron chi connectivity index (χ3n) is 28.0. The van der Waals surface area contributed by atoms with E-state index in [0.717, 1.165) is 153 Å². The monoisotopic (exact) mass is 1730 g/mol. The number of benzene rings is 16. The Morgan fingerprint density at radius 1 is 0.189 bits per heavy atom. The SMILES string of the molecule is CCCCCCc1cc(-c2ccc(N(c3ccc(-c4ccc(CCC)cc4)cc3)c3ccc4c(c3)oc3cc5cc6c(cc5cc34)oc3cc(N(c4ccc(-c5ccc(CCC)cc5)cc4)c4ccc(-c5cc(CCCCCC)c(-c7ccc(-c8ccccc8)cc7C)cc5CCCCCC)c(C)c4)ccc36)cc2C)c(CCCCCC)cc1-c1ccc(-c2ccccc2)cc1C. The predicted octanol–water partition coefficient (Wildman–Crippen LogP) is 38.5. The second-order valence-corrected chi connectivity index (χ2v) is 37.6. The van der Waals surface area contributed by atoms with Crippen LogP contribution in [-0.2, 0) is 38.5 Å². The number of hydrogen-bond acceptors (Lipinski definition) is 4. The fourth-order valence-electron chi connectivity index (χ4n) is 20.8. The number of rotatable bonds is 38. The number of aryl methyl sites for hydroxylation is 10. The summed E-state index contributed by atoms with van der Waals surface area (Å²) in [4.78, 5) is 4.86. The van der Waals surface area contributed by atoms with Crippen LogP contribution in [0, 0.1) is 27.7 Å². The van der Waals surface area contributed by atoms with Gasteiger partial charge in [-0.15, -0.1) is 0 Å². The second kappa shape index (κ2) is 41.6. The maximum Gasteiger partial charge on any atom is 0.137 e. The zero-order chi connectivity index (χ0) is 90.6. The first-order valence-corrected chi connectivity index (χ1v) is 49.9. The average molecular weight is 1730 g/mol. The normalized spacial score (nSPS) is 11.7. The van der Waals surface area contributed by atoms with E-state index in [-0.39, 0.29) is 0 Å². The lowest BCUT2D eigenvalue weighted by atomic mass is 9.84. The van der Waals surface area contributed by atoms with Crippen LogP contribution in [0.1, 0.15) is 213 Å². The molecule has 4 heteroatoms. The Hall–Kier alpha value is -13.0. The van der Waals surface area contributed by atoms with Crippen LogP contribution in [-0.4, -0.2) is 0 Å². The highest BCUT2D eigenvalue weighted by molar-refractivity contribution is 6.16. The van der Waals surface area contributed by atoms with E-state index in [1.807, 2.05) is 0 Å². The van der Waals surface area contributed by atoms with Crippen molar-refractivity contribution in [2.75, 3.05) is 9.80 Å². The van der Waals surface area contributed by atoms with Crippen molar-refractivity contribution in [1.82, 2.24) is 0 Å². The first kappa shape index (κ1) is 89.6. The van der Waals surface area contributed by atoms with Gasteiger partial charge < -0.3 is 18.6 Å². The summed E-state index contributed by atoms with van der Waals surface area (Å²) in [5.74, 6) is 0. The molecule has 0 radical (unpaired) electrons. The van der Waals surface area contributed by atoms with Crippen LogP contribution in [0.3, 0.4) is 0 Å². The van der Waals surface area contributed by atoms with Gasteiger partial charge in [-0.1, -0.05) is 338 Å². The Morgan fingerprint density at radius 2 is 0.462 bits per heavy atom. The van der Waals surface area contributed by atoms with E-state index < -0.39 is 0 Å².